The quantitative estimate of drug-likeness (QED) is 0.494. The number of nitrogens with one attached hydrogen (secondary N) is 2. The van der Waals surface area contributed by atoms with Crippen LogP contribution in [0.15, 0.2) is 61.2 Å². The maximum atomic E-state index is 14.0. The number of hydrogen-bond acceptors (Lipinski definition) is 4. The average molecular weight is 494 g/mol. The van der Waals surface area contributed by atoms with Gasteiger partial charge in [0.05, 0.1) is 0 Å². The lowest BCUT2D eigenvalue weighted by atomic mass is 9.98. The van der Waals surface area contributed by atoms with Crippen molar-refractivity contribution < 1.29 is 19.1 Å². The van der Waals surface area contributed by atoms with E-state index in [0.717, 1.165) is 11.1 Å². The third-order valence-corrected chi connectivity index (χ3v) is 5.35. The van der Waals surface area contributed by atoms with Crippen molar-refractivity contribution in [2.45, 2.75) is 71.7 Å². The first-order chi connectivity index (χ1) is 16.9. The molecule has 7 heteroatoms. The summed E-state index contributed by atoms with van der Waals surface area (Å²) in [7, 11) is 0. The van der Waals surface area contributed by atoms with Crippen molar-refractivity contribution in [1.29, 1.82) is 0 Å². The Morgan fingerprint density at radius 1 is 1.03 bits per heavy atom. The smallest absolute Gasteiger partial charge is 0.408 e. The molecule has 0 fully saturated rings. The SMILES string of the molecule is C=Cc1cccc(C(C(=O)NC(C)C)N(CC)C(=O)C(Cc2ccccc2)NC(=O)OC(C)(C)C)c1. The first-order valence-corrected chi connectivity index (χ1v) is 12.3. The maximum Gasteiger partial charge on any atom is 0.408 e. The molecule has 2 unspecified atom stereocenters. The zero-order valence-electron chi connectivity index (χ0n) is 22.2. The predicted molar refractivity (Wildman–Crippen MR) is 143 cm³/mol. The van der Waals surface area contributed by atoms with Crippen molar-refractivity contribution in [3.8, 4) is 0 Å². The lowest BCUT2D eigenvalue weighted by Crippen LogP contribution is -2.54. The third-order valence-electron chi connectivity index (χ3n) is 5.35. The molecule has 0 spiro atoms. The molecule has 2 atom stereocenters. The zero-order chi connectivity index (χ0) is 26.9. The number of alkyl carbamates (subject to hydrolysis) is 1. The van der Waals surface area contributed by atoms with Gasteiger partial charge in [0.2, 0.25) is 11.8 Å². The molecule has 0 radical (unpaired) electrons. The molecule has 194 valence electrons. The number of hydrogen-bond donors (Lipinski definition) is 2. The summed E-state index contributed by atoms with van der Waals surface area (Å²) in [5.74, 6) is -0.669. The Morgan fingerprint density at radius 2 is 1.69 bits per heavy atom. The largest absolute Gasteiger partial charge is 0.444 e. The van der Waals surface area contributed by atoms with Crippen LogP contribution in [0.1, 0.15) is 64.3 Å². The molecule has 0 saturated heterocycles. The lowest BCUT2D eigenvalue weighted by molar-refractivity contribution is -0.142. The first-order valence-electron chi connectivity index (χ1n) is 12.3. The predicted octanol–water partition coefficient (Wildman–Crippen LogP) is 4.88. The number of carbonyl (C=O) groups excluding carboxylic acids is 3. The maximum absolute atomic E-state index is 14.0. The van der Waals surface area contributed by atoms with Crippen LogP contribution in [0.4, 0.5) is 4.79 Å². The van der Waals surface area contributed by atoms with Gasteiger partial charge in [0, 0.05) is 19.0 Å². The van der Waals surface area contributed by atoms with E-state index in [0.29, 0.717) is 5.56 Å². The van der Waals surface area contributed by atoms with Gasteiger partial charge in [-0.2, -0.15) is 0 Å². The number of amides is 3. The van der Waals surface area contributed by atoms with Gasteiger partial charge in [-0.15, -0.1) is 0 Å². The molecule has 2 aromatic rings. The van der Waals surface area contributed by atoms with Gasteiger partial charge >= 0.3 is 6.09 Å². The monoisotopic (exact) mass is 493 g/mol. The number of rotatable bonds is 10. The Morgan fingerprint density at radius 3 is 2.25 bits per heavy atom. The van der Waals surface area contributed by atoms with E-state index in [2.05, 4.69) is 17.2 Å². The van der Waals surface area contributed by atoms with Crippen LogP contribution in [0.2, 0.25) is 0 Å². The Bertz CT molecular complexity index is 1040. The zero-order valence-corrected chi connectivity index (χ0v) is 22.2. The third kappa shape index (κ3) is 8.56. The van der Waals surface area contributed by atoms with Gasteiger partial charge < -0.3 is 20.3 Å². The molecule has 7 nitrogen and oxygen atoms in total. The van der Waals surface area contributed by atoms with Crippen molar-refractivity contribution in [1.82, 2.24) is 15.5 Å². The summed E-state index contributed by atoms with van der Waals surface area (Å²) in [6.45, 7) is 14.9. The van der Waals surface area contributed by atoms with Crippen LogP contribution in [-0.2, 0) is 20.7 Å². The lowest BCUT2D eigenvalue weighted by Gasteiger charge is -2.34. The van der Waals surface area contributed by atoms with Gasteiger partial charge in [0.1, 0.15) is 17.7 Å². The van der Waals surface area contributed by atoms with Crippen molar-refractivity contribution >= 4 is 24.0 Å². The number of nitrogens with zero attached hydrogens (tertiary/aromatic N) is 1. The summed E-state index contributed by atoms with van der Waals surface area (Å²) in [6.07, 6.45) is 1.26. The van der Waals surface area contributed by atoms with Crippen molar-refractivity contribution in [3.63, 3.8) is 0 Å². The Hall–Kier alpha value is -3.61. The summed E-state index contributed by atoms with van der Waals surface area (Å²) in [5, 5.41) is 5.68. The second kappa shape index (κ2) is 12.9. The van der Waals surface area contributed by atoms with Crippen molar-refractivity contribution in [3.05, 3.63) is 77.9 Å². The molecule has 0 aliphatic heterocycles. The highest BCUT2D eigenvalue weighted by Gasteiger charge is 2.35. The molecular weight excluding hydrogens is 454 g/mol. The van der Waals surface area contributed by atoms with Gasteiger partial charge in [-0.3, -0.25) is 9.59 Å². The van der Waals surface area contributed by atoms with Crippen LogP contribution in [0.5, 0.6) is 0 Å². The summed E-state index contributed by atoms with van der Waals surface area (Å²) in [4.78, 5) is 41.6. The number of carbonyl (C=O) groups is 3. The average Bonchev–Trinajstić information content (AvgIpc) is 2.80. The fraction of sp³-hybridized carbons (Fsp3) is 0.414. The molecule has 0 heterocycles. The van der Waals surface area contributed by atoms with E-state index < -0.39 is 23.8 Å². The van der Waals surface area contributed by atoms with Crippen LogP contribution in [0.25, 0.3) is 6.08 Å². The molecule has 0 aliphatic rings. The second-order valence-corrected chi connectivity index (χ2v) is 9.95. The van der Waals surface area contributed by atoms with E-state index in [1.165, 1.54) is 4.90 Å². The molecule has 2 rings (SSSR count). The molecule has 0 aromatic heterocycles. The molecule has 36 heavy (non-hydrogen) atoms. The van der Waals surface area contributed by atoms with Crippen molar-refractivity contribution in [2.75, 3.05) is 6.54 Å². The van der Waals surface area contributed by atoms with Crippen LogP contribution in [-0.4, -0.2) is 47.0 Å². The fourth-order valence-electron chi connectivity index (χ4n) is 3.86. The Balaban J connectivity index is 2.49. The normalized spacial score (nSPS) is 12.9. The van der Waals surface area contributed by atoms with E-state index in [1.54, 1.807) is 26.8 Å². The molecule has 0 saturated carbocycles. The Kier molecular flexibility index (Phi) is 10.3. The van der Waals surface area contributed by atoms with E-state index >= 15 is 0 Å². The highest BCUT2D eigenvalue weighted by Crippen LogP contribution is 2.25. The summed E-state index contributed by atoms with van der Waals surface area (Å²) in [6, 6.07) is 14.9. The van der Waals surface area contributed by atoms with E-state index in [4.69, 9.17) is 4.74 Å². The van der Waals surface area contributed by atoms with Crippen LogP contribution in [0, 0.1) is 0 Å². The van der Waals surface area contributed by atoms with E-state index in [-0.39, 0.29) is 30.8 Å². The first kappa shape index (κ1) is 28.6. The summed E-state index contributed by atoms with van der Waals surface area (Å²) < 4.78 is 5.43. The highest BCUT2D eigenvalue weighted by atomic mass is 16.6. The molecule has 2 aromatic carbocycles. The number of ether oxygens (including phenoxy) is 1. The van der Waals surface area contributed by atoms with Gasteiger partial charge in [-0.05, 0) is 64.3 Å². The van der Waals surface area contributed by atoms with Crippen LogP contribution >= 0.6 is 0 Å². The van der Waals surface area contributed by atoms with E-state index in [9.17, 15) is 14.4 Å². The topological polar surface area (TPSA) is 87.7 Å². The highest BCUT2D eigenvalue weighted by molar-refractivity contribution is 5.92. The van der Waals surface area contributed by atoms with Crippen LogP contribution < -0.4 is 10.6 Å². The minimum absolute atomic E-state index is 0.114. The number of likely N-dealkylation sites (N-methyl/N-ethyl adjacent to an activating group) is 1. The molecule has 0 aliphatic carbocycles. The summed E-state index contributed by atoms with van der Waals surface area (Å²) >= 11 is 0. The number of benzene rings is 2. The fourth-order valence-corrected chi connectivity index (χ4v) is 3.86. The molecular formula is C29H39N3O4. The van der Waals surface area contributed by atoms with Gasteiger partial charge in [0.25, 0.3) is 0 Å². The molecule has 0 bridgehead atoms. The van der Waals surface area contributed by atoms with Gasteiger partial charge in [-0.1, -0.05) is 61.2 Å². The summed E-state index contributed by atoms with van der Waals surface area (Å²) in [5.41, 5.74) is 1.65. The molecule has 2 N–H and O–H groups in total. The van der Waals surface area contributed by atoms with E-state index in [1.807, 2.05) is 75.4 Å². The van der Waals surface area contributed by atoms with Crippen LogP contribution in [0.3, 0.4) is 0 Å². The minimum Gasteiger partial charge on any atom is -0.444 e. The van der Waals surface area contributed by atoms with Gasteiger partial charge in [0.15, 0.2) is 0 Å². The Labute approximate surface area is 214 Å². The van der Waals surface area contributed by atoms with Gasteiger partial charge in [-0.25, -0.2) is 4.79 Å². The molecule has 3 amide bonds. The standard InChI is InChI=1S/C29H39N3O4/c1-8-21-16-13-17-23(18-21)25(26(33)30-20(3)4)32(9-2)27(34)24(19-22-14-11-10-12-15-22)31-28(35)36-29(5,6)7/h8,10-18,20,24-25H,1,9,19H2,2-7H3,(H,30,33)(H,31,35). The van der Waals surface area contributed by atoms with Crippen molar-refractivity contribution in [2.24, 2.45) is 0 Å². The second-order valence-electron chi connectivity index (χ2n) is 9.95. The minimum atomic E-state index is -0.931.